The van der Waals surface area contributed by atoms with Gasteiger partial charge in [0.1, 0.15) is 0 Å². The molecular weight excluding hydrogens is 272 g/mol. The fraction of sp³-hybridized carbons (Fsp3) is 0.250. The second-order valence-electron chi connectivity index (χ2n) is 4.44. The summed E-state index contributed by atoms with van der Waals surface area (Å²) in [5.74, 6) is -0.548. The van der Waals surface area contributed by atoms with Gasteiger partial charge in [-0.25, -0.2) is 0 Å². The molecule has 0 fully saturated rings. The van der Waals surface area contributed by atoms with Crippen LogP contribution in [0.15, 0.2) is 41.1 Å². The maximum atomic E-state index is 11.9. The summed E-state index contributed by atoms with van der Waals surface area (Å²) < 4.78 is 5.00. The topological polar surface area (TPSA) is 43.4 Å². The SMILES string of the molecule is CCc1ccc(C(=O)COC(=O)Cc2ccsc2)cc1. The summed E-state index contributed by atoms with van der Waals surface area (Å²) in [4.78, 5) is 23.5. The van der Waals surface area contributed by atoms with Gasteiger partial charge >= 0.3 is 5.97 Å². The minimum Gasteiger partial charge on any atom is -0.457 e. The molecule has 0 atom stereocenters. The van der Waals surface area contributed by atoms with Crippen LogP contribution in [0.1, 0.15) is 28.4 Å². The number of Topliss-reactive ketones (excluding diaryl/α,β-unsaturated/α-hetero) is 1. The highest BCUT2D eigenvalue weighted by Crippen LogP contribution is 2.08. The van der Waals surface area contributed by atoms with E-state index in [1.54, 1.807) is 12.1 Å². The number of carbonyl (C=O) groups excluding carboxylic acids is 2. The molecule has 1 heterocycles. The van der Waals surface area contributed by atoms with E-state index in [0.29, 0.717) is 5.56 Å². The third-order valence-corrected chi connectivity index (χ3v) is 3.71. The van der Waals surface area contributed by atoms with E-state index in [1.165, 1.54) is 16.9 Å². The molecule has 3 nitrogen and oxygen atoms in total. The van der Waals surface area contributed by atoms with E-state index in [1.807, 2.05) is 29.0 Å². The summed E-state index contributed by atoms with van der Waals surface area (Å²) in [7, 11) is 0. The number of thiophene rings is 1. The van der Waals surface area contributed by atoms with E-state index in [0.717, 1.165) is 12.0 Å². The molecule has 0 unspecified atom stereocenters. The average molecular weight is 288 g/mol. The third-order valence-electron chi connectivity index (χ3n) is 2.98. The molecule has 1 aromatic carbocycles. The molecule has 0 N–H and O–H groups in total. The number of aryl methyl sites for hydroxylation is 1. The van der Waals surface area contributed by atoms with Crippen molar-refractivity contribution in [2.24, 2.45) is 0 Å². The van der Waals surface area contributed by atoms with E-state index in [2.05, 4.69) is 6.92 Å². The molecule has 0 radical (unpaired) electrons. The third kappa shape index (κ3) is 4.03. The molecule has 2 rings (SSSR count). The second kappa shape index (κ2) is 7.01. The summed E-state index contributed by atoms with van der Waals surface area (Å²) in [6.45, 7) is 1.86. The van der Waals surface area contributed by atoms with Gasteiger partial charge in [-0.2, -0.15) is 11.3 Å². The van der Waals surface area contributed by atoms with Crippen LogP contribution in [0.25, 0.3) is 0 Å². The fourth-order valence-corrected chi connectivity index (χ4v) is 2.44. The molecule has 0 aliphatic heterocycles. The van der Waals surface area contributed by atoms with Crippen molar-refractivity contribution in [3.63, 3.8) is 0 Å². The van der Waals surface area contributed by atoms with Gasteiger partial charge in [-0.3, -0.25) is 9.59 Å². The Labute approximate surface area is 122 Å². The number of benzene rings is 1. The Morgan fingerprint density at radius 1 is 1.10 bits per heavy atom. The first-order valence-electron chi connectivity index (χ1n) is 6.48. The van der Waals surface area contributed by atoms with Crippen molar-refractivity contribution in [2.45, 2.75) is 19.8 Å². The van der Waals surface area contributed by atoms with Crippen molar-refractivity contribution in [3.05, 3.63) is 57.8 Å². The van der Waals surface area contributed by atoms with Crippen LogP contribution >= 0.6 is 11.3 Å². The van der Waals surface area contributed by atoms with E-state index >= 15 is 0 Å². The van der Waals surface area contributed by atoms with Crippen LogP contribution in [0.4, 0.5) is 0 Å². The van der Waals surface area contributed by atoms with Gasteiger partial charge in [0.25, 0.3) is 0 Å². The molecule has 104 valence electrons. The Kier molecular flexibility index (Phi) is 5.07. The molecule has 0 saturated heterocycles. The van der Waals surface area contributed by atoms with Gasteiger partial charge in [0.15, 0.2) is 12.4 Å². The zero-order valence-electron chi connectivity index (χ0n) is 11.3. The Balaban J connectivity index is 1.83. The predicted molar refractivity (Wildman–Crippen MR) is 79.1 cm³/mol. The quantitative estimate of drug-likeness (QED) is 0.605. The lowest BCUT2D eigenvalue weighted by molar-refractivity contribution is -0.141. The van der Waals surface area contributed by atoms with E-state index < -0.39 is 0 Å². The van der Waals surface area contributed by atoms with E-state index in [9.17, 15) is 9.59 Å². The van der Waals surface area contributed by atoms with Crippen molar-refractivity contribution in [2.75, 3.05) is 6.61 Å². The zero-order valence-corrected chi connectivity index (χ0v) is 12.1. The van der Waals surface area contributed by atoms with Gasteiger partial charge in [-0.1, -0.05) is 31.2 Å². The van der Waals surface area contributed by atoms with Gasteiger partial charge in [-0.15, -0.1) is 0 Å². The summed E-state index contributed by atoms with van der Waals surface area (Å²) in [5.41, 5.74) is 2.67. The number of esters is 1. The van der Waals surface area contributed by atoms with Crippen LogP contribution in [0.5, 0.6) is 0 Å². The summed E-state index contributed by atoms with van der Waals surface area (Å²) in [6, 6.07) is 9.25. The van der Waals surface area contributed by atoms with Gasteiger partial charge in [0.05, 0.1) is 6.42 Å². The van der Waals surface area contributed by atoms with Crippen LogP contribution < -0.4 is 0 Å². The second-order valence-corrected chi connectivity index (χ2v) is 5.22. The Hall–Kier alpha value is -1.94. The van der Waals surface area contributed by atoms with Gasteiger partial charge in [0.2, 0.25) is 0 Å². The summed E-state index contributed by atoms with van der Waals surface area (Å²) >= 11 is 1.53. The Morgan fingerprint density at radius 3 is 2.45 bits per heavy atom. The van der Waals surface area contributed by atoms with Gasteiger partial charge in [-0.05, 0) is 34.4 Å². The molecule has 1 aromatic heterocycles. The van der Waals surface area contributed by atoms with E-state index in [4.69, 9.17) is 4.74 Å². The fourth-order valence-electron chi connectivity index (χ4n) is 1.77. The number of hydrogen-bond acceptors (Lipinski definition) is 4. The van der Waals surface area contributed by atoms with Crippen molar-refractivity contribution >= 4 is 23.1 Å². The lowest BCUT2D eigenvalue weighted by atomic mass is 10.1. The van der Waals surface area contributed by atoms with Crippen molar-refractivity contribution in [1.82, 2.24) is 0 Å². The molecule has 0 saturated carbocycles. The first-order chi connectivity index (χ1) is 9.69. The van der Waals surface area contributed by atoms with Gasteiger partial charge < -0.3 is 4.74 Å². The highest BCUT2D eigenvalue weighted by Gasteiger charge is 2.10. The lowest BCUT2D eigenvalue weighted by Gasteiger charge is -2.04. The predicted octanol–water partition coefficient (Wildman–Crippen LogP) is 3.28. The first-order valence-corrected chi connectivity index (χ1v) is 7.42. The Morgan fingerprint density at radius 2 is 1.85 bits per heavy atom. The maximum absolute atomic E-state index is 11.9. The highest BCUT2D eigenvalue weighted by atomic mass is 32.1. The van der Waals surface area contributed by atoms with Crippen molar-refractivity contribution in [1.29, 1.82) is 0 Å². The molecule has 0 aliphatic carbocycles. The first kappa shape index (κ1) is 14.5. The largest absolute Gasteiger partial charge is 0.457 e. The van der Waals surface area contributed by atoms with E-state index in [-0.39, 0.29) is 24.8 Å². The van der Waals surface area contributed by atoms with Gasteiger partial charge in [0, 0.05) is 5.56 Å². The number of rotatable bonds is 6. The minimum atomic E-state index is -0.373. The summed E-state index contributed by atoms with van der Waals surface area (Å²) in [5, 5.41) is 3.80. The van der Waals surface area contributed by atoms with Crippen molar-refractivity contribution in [3.8, 4) is 0 Å². The van der Waals surface area contributed by atoms with Crippen molar-refractivity contribution < 1.29 is 14.3 Å². The molecule has 4 heteroatoms. The molecule has 0 spiro atoms. The molecule has 0 amide bonds. The van der Waals surface area contributed by atoms with Crippen LogP contribution in [-0.2, 0) is 22.4 Å². The number of carbonyl (C=O) groups is 2. The molecule has 2 aromatic rings. The van der Waals surface area contributed by atoms with Crippen LogP contribution in [0.3, 0.4) is 0 Å². The van der Waals surface area contributed by atoms with Crippen LogP contribution in [0, 0.1) is 0 Å². The zero-order chi connectivity index (χ0) is 14.4. The standard InChI is InChI=1S/C16H16O3S/c1-2-12-3-5-14(6-4-12)15(17)10-19-16(18)9-13-7-8-20-11-13/h3-8,11H,2,9-10H2,1H3. The molecule has 0 aliphatic rings. The highest BCUT2D eigenvalue weighted by molar-refractivity contribution is 7.07. The number of ketones is 1. The molecule has 20 heavy (non-hydrogen) atoms. The monoisotopic (exact) mass is 288 g/mol. The minimum absolute atomic E-state index is 0.175. The molecular formula is C16H16O3S. The maximum Gasteiger partial charge on any atom is 0.310 e. The van der Waals surface area contributed by atoms with Crippen LogP contribution in [0.2, 0.25) is 0 Å². The van der Waals surface area contributed by atoms with Crippen LogP contribution in [-0.4, -0.2) is 18.4 Å². The molecule has 0 bridgehead atoms. The average Bonchev–Trinajstić information content (AvgIpc) is 2.97. The Bertz CT molecular complexity index is 570. The smallest absolute Gasteiger partial charge is 0.310 e. The number of ether oxygens (including phenoxy) is 1. The lowest BCUT2D eigenvalue weighted by Crippen LogP contribution is -2.15. The summed E-state index contributed by atoms with van der Waals surface area (Å²) in [6.07, 6.45) is 1.15. The number of hydrogen-bond donors (Lipinski definition) is 0. The normalized spacial score (nSPS) is 10.2.